The zero-order valence-electron chi connectivity index (χ0n) is 13.0. The molecule has 5 nitrogen and oxygen atoms in total. The second kappa shape index (κ2) is 7.24. The fourth-order valence-electron chi connectivity index (χ4n) is 1.72. The van der Waals surface area contributed by atoms with Crippen LogP contribution in [0.4, 0.5) is 0 Å². The maximum Gasteiger partial charge on any atom is 0.276 e. The van der Waals surface area contributed by atoms with Crippen LogP contribution in [0.3, 0.4) is 0 Å². The van der Waals surface area contributed by atoms with Crippen LogP contribution in [-0.2, 0) is 16.6 Å². The normalized spacial score (nSPS) is 14.2. The minimum Gasteiger partial charge on any atom is -0.447 e. The molecule has 6 heteroatoms. The van der Waals surface area contributed by atoms with Gasteiger partial charge in [-0.3, -0.25) is 0 Å². The van der Waals surface area contributed by atoms with Gasteiger partial charge in [-0.1, -0.05) is 34.1 Å². The Hall–Kier alpha value is -0.850. The molecule has 0 radical (unpaired) electrons. The predicted molar refractivity (Wildman–Crippen MR) is 80.0 cm³/mol. The number of hydrogen-bond acceptors (Lipinski definition) is 4. The van der Waals surface area contributed by atoms with Crippen molar-refractivity contribution in [3.63, 3.8) is 0 Å². The molecule has 1 heterocycles. The smallest absolute Gasteiger partial charge is 0.276 e. The molecular weight excluding hydrogens is 276 g/mol. The van der Waals surface area contributed by atoms with Gasteiger partial charge in [0, 0.05) is 19.6 Å². The van der Waals surface area contributed by atoms with Gasteiger partial charge in [-0.2, -0.15) is 4.31 Å². The molecule has 1 N–H and O–H groups in total. The van der Waals surface area contributed by atoms with Crippen LogP contribution in [0.25, 0.3) is 0 Å². The molecule has 1 aromatic rings. The summed E-state index contributed by atoms with van der Waals surface area (Å²) in [6.45, 7) is 9.17. The third-order valence-electron chi connectivity index (χ3n) is 3.25. The Morgan fingerprint density at radius 2 is 1.95 bits per heavy atom. The first-order chi connectivity index (χ1) is 9.27. The van der Waals surface area contributed by atoms with Crippen molar-refractivity contribution in [2.75, 3.05) is 13.6 Å². The van der Waals surface area contributed by atoms with Gasteiger partial charge in [0.05, 0.1) is 6.54 Å². The van der Waals surface area contributed by atoms with Crippen LogP contribution < -0.4 is 5.32 Å². The van der Waals surface area contributed by atoms with Crippen molar-refractivity contribution in [3.8, 4) is 0 Å². The van der Waals surface area contributed by atoms with E-state index in [4.69, 9.17) is 4.42 Å². The molecule has 1 aromatic heterocycles. The average molecular weight is 302 g/mol. The molecule has 1 rings (SSSR count). The molecule has 0 amide bonds. The first-order valence-electron chi connectivity index (χ1n) is 7.05. The Balaban J connectivity index is 2.77. The third-order valence-corrected chi connectivity index (χ3v) is 4.95. The summed E-state index contributed by atoms with van der Waals surface area (Å²) in [5.41, 5.74) is 0. The number of sulfonamides is 1. The quantitative estimate of drug-likeness (QED) is 0.801. The number of nitrogens with zero attached hydrogens (tertiary/aromatic N) is 1. The summed E-state index contributed by atoms with van der Waals surface area (Å²) in [7, 11) is -1.93. The van der Waals surface area contributed by atoms with Crippen LogP contribution in [0.1, 0.15) is 39.9 Å². The topological polar surface area (TPSA) is 62.6 Å². The van der Waals surface area contributed by atoms with E-state index in [0.29, 0.717) is 30.8 Å². The van der Waals surface area contributed by atoms with Crippen molar-refractivity contribution in [1.82, 2.24) is 9.62 Å². The van der Waals surface area contributed by atoms with Gasteiger partial charge in [0.1, 0.15) is 5.76 Å². The lowest BCUT2D eigenvalue weighted by molar-refractivity contribution is 0.357. The molecule has 0 aliphatic rings. The molecule has 0 aliphatic carbocycles. The van der Waals surface area contributed by atoms with Gasteiger partial charge in [0.25, 0.3) is 10.0 Å². The molecule has 1 unspecified atom stereocenters. The molecule has 0 spiro atoms. The summed E-state index contributed by atoms with van der Waals surface area (Å²) >= 11 is 0. The molecule has 1 atom stereocenters. The molecule has 0 aromatic carbocycles. The van der Waals surface area contributed by atoms with E-state index in [1.54, 1.807) is 13.1 Å². The molecule has 0 saturated carbocycles. The lowest BCUT2D eigenvalue weighted by Crippen LogP contribution is -2.30. The van der Waals surface area contributed by atoms with E-state index in [1.165, 1.54) is 10.4 Å². The van der Waals surface area contributed by atoms with Crippen molar-refractivity contribution in [1.29, 1.82) is 0 Å². The molecular formula is C14H26N2O3S. The zero-order chi connectivity index (χ0) is 15.3. The minimum absolute atomic E-state index is 0.0175. The Bertz CT molecular complexity index is 508. The Kier molecular flexibility index (Phi) is 6.23. The Morgan fingerprint density at radius 3 is 2.50 bits per heavy atom. The number of hydrogen-bond donors (Lipinski definition) is 1. The number of furan rings is 1. The number of nitrogens with one attached hydrogen (secondary N) is 1. The van der Waals surface area contributed by atoms with Crippen LogP contribution in [0.2, 0.25) is 0 Å². The largest absolute Gasteiger partial charge is 0.447 e. The van der Waals surface area contributed by atoms with E-state index in [0.717, 1.165) is 6.42 Å². The Labute approximate surface area is 122 Å². The van der Waals surface area contributed by atoms with E-state index in [9.17, 15) is 8.42 Å². The van der Waals surface area contributed by atoms with Gasteiger partial charge in [0.2, 0.25) is 5.09 Å². The first-order valence-corrected chi connectivity index (χ1v) is 8.49. The van der Waals surface area contributed by atoms with Crippen LogP contribution in [-0.4, -0.2) is 32.4 Å². The van der Waals surface area contributed by atoms with Crippen LogP contribution >= 0.6 is 0 Å². The minimum atomic E-state index is -3.52. The summed E-state index contributed by atoms with van der Waals surface area (Å²) < 4.78 is 31.5. The van der Waals surface area contributed by atoms with Gasteiger partial charge in [0.15, 0.2) is 0 Å². The maximum absolute atomic E-state index is 12.3. The molecule has 0 bridgehead atoms. The molecule has 0 aliphatic heterocycles. The van der Waals surface area contributed by atoms with Crippen molar-refractivity contribution in [2.45, 2.75) is 51.8 Å². The van der Waals surface area contributed by atoms with E-state index in [1.807, 2.05) is 27.7 Å². The van der Waals surface area contributed by atoms with Gasteiger partial charge < -0.3 is 9.73 Å². The third kappa shape index (κ3) is 4.61. The highest BCUT2D eigenvalue weighted by atomic mass is 32.2. The summed E-state index contributed by atoms with van der Waals surface area (Å²) in [5, 5.41) is 3.21. The van der Waals surface area contributed by atoms with Gasteiger partial charge >= 0.3 is 0 Å². The SMILES string of the molecule is CCC(C)CN(C)S(=O)(=O)c1ccc(CNC(C)C)o1. The fraction of sp³-hybridized carbons (Fsp3) is 0.714. The fourth-order valence-corrected chi connectivity index (χ4v) is 2.93. The van der Waals surface area contributed by atoms with Crippen LogP contribution in [0.15, 0.2) is 21.6 Å². The second-order valence-electron chi connectivity index (χ2n) is 5.56. The van der Waals surface area contributed by atoms with Crippen LogP contribution in [0, 0.1) is 5.92 Å². The predicted octanol–water partition coefficient (Wildman–Crippen LogP) is 2.44. The number of rotatable bonds is 8. The lowest BCUT2D eigenvalue weighted by Gasteiger charge is -2.18. The highest BCUT2D eigenvalue weighted by Gasteiger charge is 2.25. The monoisotopic (exact) mass is 302 g/mol. The van der Waals surface area contributed by atoms with Crippen LogP contribution in [0.5, 0.6) is 0 Å². The highest BCUT2D eigenvalue weighted by Crippen LogP contribution is 2.19. The standard InChI is InChI=1S/C14H26N2O3S/c1-6-12(4)10-16(5)20(17,18)14-8-7-13(19-14)9-15-11(2)3/h7-8,11-12,15H,6,9-10H2,1-5H3. The summed E-state index contributed by atoms with van der Waals surface area (Å²) in [5.74, 6) is 0.959. The molecule has 116 valence electrons. The maximum atomic E-state index is 12.3. The zero-order valence-corrected chi connectivity index (χ0v) is 13.8. The molecule has 0 saturated heterocycles. The van der Waals surface area contributed by atoms with Gasteiger partial charge in [-0.25, -0.2) is 8.42 Å². The second-order valence-corrected chi connectivity index (χ2v) is 7.53. The average Bonchev–Trinajstić information content (AvgIpc) is 2.85. The summed E-state index contributed by atoms with van der Waals surface area (Å²) in [6.07, 6.45) is 0.946. The van der Waals surface area contributed by atoms with Crippen molar-refractivity contribution in [2.24, 2.45) is 5.92 Å². The van der Waals surface area contributed by atoms with E-state index >= 15 is 0 Å². The highest BCUT2D eigenvalue weighted by molar-refractivity contribution is 7.89. The Morgan fingerprint density at radius 1 is 1.30 bits per heavy atom. The van der Waals surface area contributed by atoms with Crippen molar-refractivity contribution in [3.05, 3.63) is 17.9 Å². The van der Waals surface area contributed by atoms with E-state index in [-0.39, 0.29) is 5.09 Å². The molecule has 20 heavy (non-hydrogen) atoms. The van der Waals surface area contributed by atoms with E-state index in [2.05, 4.69) is 5.32 Å². The lowest BCUT2D eigenvalue weighted by atomic mass is 10.1. The van der Waals surface area contributed by atoms with E-state index < -0.39 is 10.0 Å². The first kappa shape index (κ1) is 17.2. The van der Waals surface area contributed by atoms with Crippen molar-refractivity contribution < 1.29 is 12.8 Å². The van der Waals surface area contributed by atoms with Gasteiger partial charge in [-0.05, 0) is 18.1 Å². The summed E-state index contributed by atoms with van der Waals surface area (Å²) in [4.78, 5) is 0. The molecule has 0 fully saturated rings. The summed E-state index contributed by atoms with van der Waals surface area (Å²) in [6, 6.07) is 3.56. The van der Waals surface area contributed by atoms with Crippen molar-refractivity contribution >= 4 is 10.0 Å². The van der Waals surface area contributed by atoms with Gasteiger partial charge in [-0.15, -0.1) is 0 Å².